The molecule has 1 atom stereocenters. The van der Waals surface area contributed by atoms with Gasteiger partial charge in [0.05, 0.1) is 6.61 Å². The first-order valence-corrected chi connectivity index (χ1v) is 19.1. The van der Waals surface area contributed by atoms with Gasteiger partial charge in [-0.3, -0.25) is 24.1 Å². The number of nitrogens with one attached hydrogen (secondary N) is 1. The van der Waals surface area contributed by atoms with Crippen LogP contribution in [0.1, 0.15) is 70.9 Å². The summed E-state index contributed by atoms with van der Waals surface area (Å²) in [6.45, 7) is 14.0. The molecule has 13 nitrogen and oxygen atoms in total. The number of imide groups is 1. The van der Waals surface area contributed by atoms with Crippen molar-refractivity contribution in [3.63, 3.8) is 0 Å². The van der Waals surface area contributed by atoms with Crippen LogP contribution in [0.5, 0.6) is 5.88 Å². The van der Waals surface area contributed by atoms with E-state index in [1.165, 1.54) is 4.90 Å². The monoisotopic (exact) mass is 622 g/mol. The third-order valence-corrected chi connectivity index (χ3v) is 10.2. The lowest BCUT2D eigenvalue weighted by Crippen LogP contribution is -2.49. The number of nitrogen functional groups attached to an aromatic ring is 1. The molecule has 0 spiro atoms. The van der Waals surface area contributed by atoms with Crippen LogP contribution < -0.4 is 17.0 Å². The Labute approximate surface area is 254 Å². The molecule has 2 fully saturated rings. The summed E-state index contributed by atoms with van der Waals surface area (Å²) in [5.41, 5.74) is 3.52. The largest absolute Gasteiger partial charge is 0.494 e. The molecule has 1 saturated carbocycles. The van der Waals surface area contributed by atoms with Crippen molar-refractivity contribution in [2.24, 2.45) is 11.1 Å². The predicted molar refractivity (Wildman–Crippen MR) is 166 cm³/mol. The maximum Gasteiger partial charge on any atom is 0.334 e. The molecular weight excluding hydrogens is 572 g/mol. The first-order valence-electron chi connectivity index (χ1n) is 15.4. The van der Waals surface area contributed by atoms with Crippen LogP contribution in [0, 0.1) is 10.8 Å². The van der Waals surface area contributed by atoms with Crippen LogP contribution in [0.3, 0.4) is 0 Å². The predicted octanol–water partition coefficient (Wildman–Crippen LogP) is 2.90. The van der Waals surface area contributed by atoms with E-state index in [9.17, 15) is 24.3 Å². The van der Waals surface area contributed by atoms with Crippen LogP contribution in [0.15, 0.2) is 9.59 Å². The number of carbonyl (C=O) groups is 2. The van der Waals surface area contributed by atoms with Crippen LogP contribution in [0.2, 0.25) is 25.7 Å². The van der Waals surface area contributed by atoms with Gasteiger partial charge in [-0.25, -0.2) is 14.5 Å². The third kappa shape index (κ3) is 7.95. The number of unbranched alkanes of at least 4 members (excludes halogenated alkanes) is 1. The fraction of sp³-hybridized carbons (Fsp3) is 0.759. The van der Waals surface area contributed by atoms with Crippen molar-refractivity contribution in [1.29, 1.82) is 5.41 Å². The summed E-state index contributed by atoms with van der Waals surface area (Å²) in [5, 5.41) is 18.5. The molecule has 1 aromatic heterocycles. The third-order valence-electron chi connectivity index (χ3n) is 8.53. The Morgan fingerprint density at radius 2 is 1.77 bits per heavy atom. The van der Waals surface area contributed by atoms with E-state index in [1.54, 1.807) is 4.90 Å². The number of aromatic hydroxyl groups is 1. The van der Waals surface area contributed by atoms with Crippen LogP contribution in [-0.2, 0) is 20.8 Å². The lowest BCUT2D eigenvalue weighted by Gasteiger charge is -2.41. The molecule has 3 amide bonds. The molecule has 14 heteroatoms. The highest BCUT2D eigenvalue weighted by Crippen LogP contribution is 2.42. The number of carbonyl (C=O) groups excluding carboxylic acids is 2. The first-order chi connectivity index (χ1) is 20.2. The Hall–Kier alpha value is -2.97. The number of nitrogens with two attached hydrogens (primary N) is 1. The van der Waals surface area contributed by atoms with Gasteiger partial charge in [0.25, 0.3) is 11.5 Å². The SMILES string of the molecule is CCCCn1c(O)c(C(=N)N)c(=O)n(C2CCC(C)(CN3C(=O)N(COCC[Si](C)(C)C)C(=O)C3COCC)CC2)c1=O. The summed E-state index contributed by atoms with van der Waals surface area (Å²) in [7, 11) is -1.33. The first kappa shape index (κ1) is 34.5. The van der Waals surface area contributed by atoms with Gasteiger partial charge in [-0.15, -0.1) is 0 Å². The Balaban J connectivity index is 1.79. The molecule has 0 radical (unpaired) electrons. The number of amidine groups is 1. The standard InChI is InChI=1S/C29H50N6O7Si/c1-7-9-14-32-25(37)22(23(30)31)26(38)35(28(32)40)20-10-12-29(3,13-11-20)18-33-21(17-41-8-2)24(36)34(27(33)39)19-42-15-16-43(4,5)6/h20-21,37H,7-19H2,1-6H3,(H3,30,31). The molecule has 1 aromatic rings. The van der Waals surface area contributed by atoms with Gasteiger partial charge < -0.3 is 25.2 Å². The summed E-state index contributed by atoms with van der Waals surface area (Å²) in [6.07, 6.45) is 3.49. The molecular formula is C29H50N6O7Si. The number of hydrogen-bond donors (Lipinski definition) is 3. The molecule has 242 valence electrons. The average molecular weight is 623 g/mol. The van der Waals surface area contributed by atoms with Crippen molar-refractivity contribution in [2.75, 3.05) is 33.1 Å². The fourth-order valence-corrected chi connectivity index (χ4v) is 6.54. The molecule has 1 aliphatic carbocycles. The van der Waals surface area contributed by atoms with Gasteiger partial charge in [-0.05, 0) is 50.5 Å². The number of amides is 3. The molecule has 2 heterocycles. The molecule has 0 aromatic carbocycles. The van der Waals surface area contributed by atoms with Crippen LogP contribution in [-0.4, -0.2) is 89.0 Å². The lowest BCUT2D eigenvalue weighted by molar-refractivity contribution is -0.133. The molecule has 1 saturated heterocycles. The molecule has 1 unspecified atom stereocenters. The summed E-state index contributed by atoms with van der Waals surface area (Å²) in [4.78, 5) is 56.2. The summed E-state index contributed by atoms with van der Waals surface area (Å²) in [5.74, 6) is -1.49. The van der Waals surface area contributed by atoms with Crippen molar-refractivity contribution >= 4 is 25.8 Å². The van der Waals surface area contributed by atoms with E-state index in [0.29, 0.717) is 51.9 Å². The van der Waals surface area contributed by atoms with Gasteiger partial charge in [0.2, 0.25) is 5.88 Å². The van der Waals surface area contributed by atoms with E-state index in [1.807, 2.05) is 20.8 Å². The highest BCUT2D eigenvalue weighted by Gasteiger charge is 2.48. The van der Waals surface area contributed by atoms with E-state index in [0.717, 1.165) is 21.6 Å². The number of aromatic nitrogens is 2. The Morgan fingerprint density at radius 1 is 1.12 bits per heavy atom. The summed E-state index contributed by atoms with van der Waals surface area (Å²) < 4.78 is 13.6. The van der Waals surface area contributed by atoms with Crippen molar-refractivity contribution in [1.82, 2.24) is 18.9 Å². The number of rotatable bonds is 15. The molecule has 2 aliphatic rings. The van der Waals surface area contributed by atoms with Gasteiger partial charge in [0, 0.05) is 40.4 Å². The van der Waals surface area contributed by atoms with Crippen molar-refractivity contribution in [3.05, 3.63) is 26.4 Å². The van der Waals surface area contributed by atoms with Gasteiger partial charge >= 0.3 is 11.7 Å². The molecule has 1 aliphatic heterocycles. The van der Waals surface area contributed by atoms with E-state index >= 15 is 0 Å². The zero-order chi connectivity index (χ0) is 32.1. The molecule has 0 bridgehead atoms. The quantitative estimate of drug-likeness (QED) is 0.0880. The number of urea groups is 1. The minimum atomic E-state index is -1.33. The second-order valence-electron chi connectivity index (χ2n) is 13.3. The minimum absolute atomic E-state index is 0.0907. The highest BCUT2D eigenvalue weighted by atomic mass is 28.3. The van der Waals surface area contributed by atoms with Crippen molar-refractivity contribution in [3.8, 4) is 5.88 Å². The average Bonchev–Trinajstić information content (AvgIpc) is 3.13. The second-order valence-corrected chi connectivity index (χ2v) is 18.9. The maximum atomic E-state index is 13.5. The Morgan fingerprint density at radius 3 is 2.33 bits per heavy atom. The zero-order valence-corrected chi connectivity index (χ0v) is 27.6. The Bertz CT molecular complexity index is 1300. The van der Waals surface area contributed by atoms with Crippen molar-refractivity contribution in [2.45, 2.75) is 104 Å². The van der Waals surface area contributed by atoms with Gasteiger partial charge in [-0.2, -0.15) is 0 Å². The smallest absolute Gasteiger partial charge is 0.334 e. The lowest BCUT2D eigenvalue weighted by atomic mass is 9.73. The maximum absolute atomic E-state index is 13.5. The van der Waals surface area contributed by atoms with Crippen LogP contribution in [0.25, 0.3) is 0 Å². The number of hydrogen-bond acceptors (Lipinski definition) is 8. The summed E-state index contributed by atoms with van der Waals surface area (Å²) >= 11 is 0. The normalized spacial score (nSPS) is 22.9. The molecule has 4 N–H and O–H groups in total. The van der Waals surface area contributed by atoms with Gasteiger partial charge in [0.15, 0.2) is 0 Å². The van der Waals surface area contributed by atoms with Gasteiger partial charge in [0.1, 0.15) is 24.2 Å². The summed E-state index contributed by atoms with van der Waals surface area (Å²) in [6, 6.07) is -0.668. The van der Waals surface area contributed by atoms with E-state index in [-0.39, 0.29) is 36.8 Å². The fourth-order valence-electron chi connectivity index (χ4n) is 5.78. The van der Waals surface area contributed by atoms with E-state index in [2.05, 4.69) is 19.6 Å². The van der Waals surface area contributed by atoms with E-state index in [4.69, 9.17) is 20.6 Å². The minimum Gasteiger partial charge on any atom is -0.494 e. The van der Waals surface area contributed by atoms with Crippen LogP contribution >= 0.6 is 0 Å². The van der Waals surface area contributed by atoms with Crippen molar-refractivity contribution < 1.29 is 24.2 Å². The molecule has 43 heavy (non-hydrogen) atoms. The molecule has 3 rings (SSSR count). The van der Waals surface area contributed by atoms with Gasteiger partial charge in [-0.1, -0.05) is 39.9 Å². The second kappa shape index (κ2) is 14.2. The zero-order valence-electron chi connectivity index (χ0n) is 26.6. The van der Waals surface area contributed by atoms with Crippen LogP contribution in [0.4, 0.5) is 4.79 Å². The van der Waals surface area contributed by atoms with E-state index < -0.39 is 49.2 Å². The highest BCUT2D eigenvalue weighted by molar-refractivity contribution is 6.76. The topological polar surface area (TPSA) is 173 Å². The number of ether oxygens (including phenoxy) is 2. The number of nitrogens with zero attached hydrogens (tertiary/aromatic N) is 4. The Kier molecular flexibility index (Phi) is 11.4.